The Morgan fingerprint density at radius 1 is 1.10 bits per heavy atom. The van der Waals surface area contributed by atoms with Gasteiger partial charge in [0.25, 0.3) is 5.56 Å². The van der Waals surface area contributed by atoms with E-state index in [9.17, 15) is 17.6 Å². The Hall–Kier alpha value is -2.78. The maximum Gasteiger partial charge on any atom is 0.276 e. The molecule has 1 fully saturated rings. The van der Waals surface area contributed by atoms with Crippen LogP contribution in [0.15, 0.2) is 52.3 Å². The highest BCUT2D eigenvalue weighted by molar-refractivity contribution is 7.89. The zero-order valence-electron chi connectivity index (χ0n) is 16.6. The molecule has 0 unspecified atom stereocenters. The van der Waals surface area contributed by atoms with Gasteiger partial charge < -0.3 is 0 Å². The number of H-pyrrole nitrogens is 1. The molecule has 4 rings (SSSR count). The molecule has 30 heavy (non-hydrogen) atoms. The van der Waals surface area contributed by atoms with Crippen LogP contribution in [0.3, 0.4) is 0 Å². The van der Waals surface area contributed by atoms with E-state index in [2.05, 4.69) is 10.1 Å². The summed E-state index contributed by atoms with van der Waals surface area (Å²) in [7, 11) is -3.59. The monoisotopic (exact) mass is 430 g/mol. The molecule has 158 valence electrons. The van der Waals surface area contributed by atoms with E-state index in [-0.39, 0.29) is 28.5 Å². The van der Waals surface area contributed by atoms with Gasteiger partial charge in [0.2, 0.25) is 10.0 Å². The minimum Gasteiger partial charge on any atom is -0.294 e. The summed E-state index contributed by atoms with van der Waals surface area (Å²) in [6.45, 7) is 2.76. The summed E-state index contributed by atoms with van der Waals surface area (Å²) < 4.78 is 42.3. The average molecular weight is 431 g/mol. The lowest BCUT2D eigenvalue weighted by molar-refractivity contribution is 0.346. The van der Waals surface area contributed by atoms with Gasteiger partial charge in [-0.1, -0.05) is 24.6 Å². The molecular formula is C21H23FN4O3S. The summed E-state index contributed by atoms with van der Waals surface area (Å²) in [6.07, 6.45) is 4.17. The maximum atomic E-state index is 14.0. The van der Waals surface area contributed by atoms with Gasteiger partial charge in [-0.05, 0) is 43.5 Å². The first kappa shape index (κ1) is 20.5. The molecule has 0 amide bonds. The molecule has 1 aliphatic rings. The number of nitrogens with one attached hydrogen (secondary N) is 1. The smallest absolute Gasteiger partial charge is 0.276 e. The second-order valence-electron chi connectivity index (χ2n) is 7.44. The minimum atomic E-state index is -3.59. The Morgan fingerprint density at radius 2 is 1.83 bits per heavy atom. The van der Waals surface area contributed by atoms with Crippen molar-refractivity contribution >= 4 is 10.0 Å². The summed E-state index contributed by atoms with van der Waals surface area (Å²) in [5.74, 6) is -0.0880. The van der Waals surface area contributed by atoms with Gasteiger partial charge in [0.1, 0.15) is 10.7 Å². The van der Waals surface area contributed by atoms with Crippen molar-refractivity contribution in [3.63, 3.8) is 0 Å². The zero-order chi connectivity index (χ0) is 21.3. The Kier molecular flexibility index (Phi) is 5.57. The Balaban J connectivity index is 1.62. The fraction of sp³-hybridized carbons (Fsp3) is 0.333. The molecule has 1 saturated heterocycles. The Morgan fingerprint density at radius 3 is 2.50 bits per heavy atom. The summed E-state index contributed by atoms with van der Waals surface area (Å²) in [4.78, 5) is 17.2. The van der Waals surface area contributed by atoms with Crippen molar-refractivity contribution in [3.05, 3.63) is 75.6 Å². The van der Waals surface area contributed by atoms with E-state index in [4.69, 9.17) is 0 Å². The molecule has 3 aromatic rings. The Labute approximate surface area is 174 Å². The van der Waals surface area contributed by atoms with Gasteiger partial charge in [0.15, 0.2) is 5.82 Å². The summed E-state index contributed by atoms with van der Waals surface area (Å²) in [5, 5.41) is 2.95. The van der Waals surface area contributed by atoms with Crippen LogP contribution in [0.5, 0.6) is 0 Å². The number of benzene rings is 1. The van der Waals surface area contributed by atoms with Crippen LogP contribution in [0.25, 0.3) is 5.82 Å². The van der Waals surface area contributed by atoms with Crippen molar-refractivity contribution in [2.45, 2.75) is 37.5 Å². The molecule has 1 N–H and O–H groups in total. The number of rotatable bonds is 5. The van der Waals surface area contributed by atoms with E-state index in [1.165, 1.54) is 33.4 Å². The number of sulfonamides is 1. The number of hydrogen-bond acceptors (Lipinski definition) is 4. The van der Waals surface area contributed by atoms with Crippen molar-refractivity contribution < 1.29 is 12.8 Å². The van der Waals surface area contributed by atoms with Gasteiger partial charge in [-0.3, -0.25) is 9.89 Å². The summed E-state index contributed by atoms with van der Waals surface area (Å²) >= 11 is 0. The lowest BCUT2D eigenvalue weighted by Gasteiger charge is -2.25. The number of aromatic nitrogens is 3. The molecule has 0 saturated carbocycles. The first-order valence-corrected chi connectivity index (χ1v) is 11.3. The molecule has 9 heteroatoms. The first-order valence-electron chi connectivity index (χ1n) is 9.88. The van der Waals surface area contributed by atoms with Crippen LogP contribution in [0, 0.1) is 12.7 Å². The molecule has 1 aromatic carbocycles. The number of aryl methyl sites for hydroxylation is 1. The van der Waals surface area contributed by atoms with Crippen LogP contribution in [0.4, 0.5) is 4.39 Å². The third-order valence-electron chi connectivity index (χ3n) is 5.42. The molecule has 0 radical (unpaired) electrons. The van der Waals surface area contributed by atoms with Crippen molar-refractivity contribution in [1.82, 2.24) is 19.1 Å². The highest BCUT2D eigenvalue weighted by atomic mass is 32.2. The lowest BCUT2D eigenvalue weighted by Crippen LogP contribution is -2.35. The van der Waals surface area contributed by atoms with Crippen molar-refractivity contribution in [2.24, 2.45) is 0 Å². The number of pyridine rings is 1. The number of aromatic amines is 1. The number of halogens is 1. The largest absolute Gasteiger partial charge is 0.294 e. The van der Waals surface area contributed by atoms with Crippen LogP contribution in [-0.2, 0) is 16.4 Å². The highest BCUT2D eigenvalue weighted by Crippen LogP contribution is 2.20. The molecule has 3 heterocycles. The number of piperidine rings is 1. The van der Waals surface area contributed by atoms with Crippen LogP contribution in [-0.4, -0.2) is 40.6 Å². The highest BCUT2D eigenvalue weighted by Gasteiger charge is 2.26. The summed E-state index contributed by atoms with van der Waals surface area (Å²) in [5.41, 5.74) is 1.14. The molecule has 1 aliphatic heterocycles. The predicted octanol–water partition coefficient (Wildman–Crippen LogP) is 2.77. The Bertz CT molecular complexity index is 1210. The standard InChI is InChI=1S/C21H23FN4O3S/c1-15-18(13-16-7-3-4-8-19(16)22)21(27)26(24-15)20-10-9-17(14-23-20)30(28,29)25-11-5-2-6-12-25/h3-4,7-10,14,24H,2,5-6,11-13H2,1H3. The molecule has 0 bridgehead atoms. The van der Waals surface area contributed by atoms with E-state index >= 15 is 0 Å². The topological polar surface area (TPSA) is 88.1 Å². The van der Waals surface area contributed by atoms with E-state index in [1.807, 2.05) is 0 Å². The lowest BCUT2D eigenvalue weighted by atomic mass is 10.1. The van der Waals surface area contributed by atoms with Gasteiger partial charge in [0.05, 0.1) is 0 Å². The van der Waals surface area contributed by atoms with Crippen molar-refractivity contribution in [2.75, 3.05) is 13.1 Å². The number of nitrogens with zero attached hydrogens (tertiary/aromatic N) is 3. The van der Waals surface area contributed by atoms with Gasteiger partial charge in [-0.2, -0.15) is 4.31 Å². The third kappa shape index (κ3) is 3.82. The molecule has 0 atom stereocenters. The van der Waals surface area contributed by atoms with Gasteiger partial charge in [-0.15, -0.1) is 0 Å². The SMILES string of the molecule is Cc1[nH]n(-c2ccc(S(=O)(=O)N3CCCCC3)cn2)c(=O)c1Cc1ccccc1F. The van der Waals surface area contributed by atoms with E-state index in [0.29, 0.717) is 29.9 Å². The fourth-order valence-electron chi connectivity index (χ4n) is 3.69. The molecule has 7 nitrogen and oxygen atoms in total. The first-order chi connectivity index (χ1) is 14.4. The van der Waals surface area contributed by atoms with Crippen LogP contribution in [0.1, 0.15) is 36.1 Å². The maximum absolute atomic E-state index is 14.0. The minimum absolute atomic E-state index is 0.107. The van der Waals surface area contributed by atoms with E-state index in [0.717, 1.165) is 19.3 Å². The molecule has 0 aliphatic carbocycles. The van der Waals surface area contributed by atoms with E-state index in [1.54, 1.807) is 25.1 Å². The van der Waals surface area contributed by atoms with Crippen molar-refractivity contribution in [3.8, 4) is 5.82 Å². The van der Waals surface area contributed by atoms with Crippen LogP contribution < -0.4 is 5.56 Å². The number of hydrogen-bond donors (Lipinski definition) is 1. The van der Waals surface area contributed by atoms with Crippen LogP contribution >= 0.6 is 0 Å². The summed E-state index contributed by atoms with van der Waals surface area (Å²) in [6, 6.07) is 9.29. The van der Waals surface area contributed by atoms with E-state index < -0.39 is 10.0 Å². The van der Waals surface area contributed by atoms with Gasteiger partial charge >= 0.3 is 0 Å². The second kappa shape index (κ2) is 8.16. The average Bonchev–Trinajstić information content (AvgIpc) is 3.04. The molecular weight excluding hydrogens is 407 g/mol. The molecule has 0 spiro atoms. The van der Waals surface area contributed by atoms with Crippen molar-refractivity contribution in [1.29, 1.82) is 0 Å². The fourth-order valence-corrected chi connectivity index (χ4v) is 5.16. The quantitative estimate of drug-likeness (QED) is 0.674. The molecule has 2 aromatic heterocycles. The predicted molar refractivity (Wildman–Crippen MR) is 111 cm³/mol. The van der Waals surface area contributed by atoms with Crippen LogP contribution in [0.2, 0.25) is 0 Å². The zero-order valence-corrected chi connectivity index (χ0v) is 17.5. The second-order valence-corrected chi connectivity index (χ2v) is 9.38. The normalized spacial score (nSPS) is 15.4. The van der Waals surface area contributed by atoms with Gasteiger partial charge in [-0.25, -0.2) is 22.5 Å². The van der Waals surface area contributed by atoms with Gasteiger partial charge in [0, 0.05) is 37.0 Å². The third-order valence-corrected chi connectivity index (χ3v) is 7.30.